The van der Waals surface area contributed by atoms with Crippen LogP contribution in [0, 0.1) is 6.92 Å². The van der Waals surface area contributed by atoms with Crippen molar-refractivity contribution >= 4 is 11.9 Å². The molecule has 2 rings (SSSR count). The number of aliphatic carboxylic acids is 1. The molecule has 1 heterocycles. The first-order chi connectivity index (χ1) is 10.8. The number of benzene rings is 1. The van der Waals surface area contributed by atoms with E-state index in [0.29, 0.717) is 13.0 Å². The lowest BCUT2D eigenvalue weighted by Crippen LogP contribution is -2.46. The van der Waals surface area contributed by atoms with Crippen LogP contribution in [0.3, 0.4) is 0 Å². The van der Waals surface area contributed by atoms with Crippen LogP contribution in [0.1, 0.15) is 37.8 Å². The monoisotopic (exact) mass is 319 g/mol. The van der Waals surface area contributed by atoms with E-state index in [1.807, 2.05) is 45.0 Å². The number of ether oxygens (including phenoxy) is 1. The van der Waals surface area contributed by atoms with Crippen molar-refractivity contribution in [3.05, 3.63) is 35.4 Å². The van der Waals surface area contributed by atoms with Crippen LogP contribution in [0.25, 0.3) is 0 Å². The van der Waals surface area contributed by atoms with E-state index in [0.717, 1.165) is 11.1 Å². The van der Waals surface area contributed by atoms with E-state index in [4.69, 9.17) is 9.84 Å². The van der Waals surface area contributed by atoms with Gasteiger partial charge in [0, 0.05) is 19.7 Å². The second-order valence-electron chi connectivity index (χ2n) is 6.79. The number of carboxylic acids is 1. The zero-order valence-electron chi connectivity index (χ0n) is 14.2. The van der Waals surface area contributed by atoms with Gasteiger partial charge in [0.15, 0.2) is 0 Å². The Hall–Kier alpha value is -1.88. The van der Waals surface area contributed by atoms with Crippen LogP contribution < -0.4 is 0 Å². The lowest BCUT2D eigenvalue weighted by molar-refractivity contribution is -0.141. The lowest BCUT2D eigenvalue weighted by Gasteiger charge is -2.33. The molecule has 1 N–H and O–H groups in total. The molecule has 1 aliphatic heterocycles. The van der Waals surface area contributed by atoms with Gasteiger partial charge in [0.2, 0.25) is 5.91 Å². The van der Waals surface area contributed by atoms with Gasteiger partial charge in [-0.05, 0) is 32.8 Å². The largest absolute Gasteiger partial charge is 0.481 e. The predicted octanol–water partition coefficient (Wildman–Crippen LogP) is 2.36. The first-order valence-electron chi connectivity index (χ1n) is 7.88. The highest BCUT2D eigenvalue weighted by molar-refractivity contribution is 5.88. The number of carbonyl (C=O) groups excluding carboxylic acids is 1. The van der Waals surface area contributed by atoms with E-state index in [9.17, 15) is 9.59 Å². The molecule has 2 atom stereocenters. The predicted molar refractivity (Wildman–Crippen MR) is 87.4 cm³/mol. The van der Waals surface area contributed by atoms with Gasteiger partial charge in [-0.25, -0.2) is 0 Å². The highest BCUT2D eigenvalue weighted by Crippen LogP contribution is 2.31. The number of carboxylic acid groups (broad SMARTS) is 1. The molecule has 1 amide bonds. The summed E-state index contributed by atoms with van der Waals surface area (Å²) in [6, 6.07) is 7.59. The first kappa shape index (κ1) is 17.5. The third-order valence-corrected chi connectivity index (χ3v) is 4.69. The average molecular weight is 319 g/mol. The molecule has 5 nitrogen and oxygen atoms in total. The number of methoxy groups -OCH3 is 1. The van der Waals surface area contributed by atoms with Crippen LogP contribution in [0.5, 0.6) is 0 Å². The zero-order valence-corrected chi connectivity index (χ0v) is 14.2. The van der Waals surface area contributed by atoms with Crippen LogP contribution in [0.4, 0.5) is 0 Å². The Balaban J connectivity index is 2.25. The molecule has 0 saturated carbocycles. The number of hydrogen-bond donors (Lipinski definition) is 1. The van der Waals surface area contributed by atoms with Crippen molar-refractivity contribution in [2.75, 3.05) is 13.7 Å². The van der Waals surface area contributed by atoms with Crippen LogP contribution in [0.2, 0.25) is 0 Å². The topological polar surface area (TPSA) is 66.8 Å². The van der Waals surface area contributed by atoms with Gasteiger partial charge in [0.1, 0.15) is 0 Å². The molecule has 5 heteroatoms. The number of likely N-dealkylation sites (tertiary alicyclic amines) is 1. The summed E-state index contributed by atoms with van der Waals surface area (Å²) >= 11 is 0. The van der Waals surface area contributed by atoms with E-state index in [2.05, 4.69) is 0 Å². The Bertz CT molecular complexity index is 579. The summed E-state index contributed by atoms with van der Waals surface area (Å²) in [5, 5.41) is 9.10. The quantitative estimate of drug-likeness (QED) is 0.905. The molecule has 1 saturated heterocycles. The van der Waals surface area contributed by atoms with Crippen molar-refractivity contribution in [3.8, 4) is 0 Å². The fourth-order valence-electron chi connectivity index (χ4n) is 3.14. The summed E-state index contributed by atoms with van der Waals surface area (Å²) in [6.07, 6.45) is 0.422. The summed E-state index contributed by atoms with van der Waals surface area (Å²) in [7, 11) is 1.60. The van der Waals surface area contributed by atoms with E-state index >= 15 is 0 Å². The van der Waals surface area contributed by atoms with Crippen molar-refractivity contribution in [3.63, 3.8) is 0 Å². The highest BCUT2D eigenvalue weighted by Gasteiger charge is 2.42. The van der Waals surface area contributed by atoms with Gasteiger partial charge < -0.3 is 14.7 Å². The summed E-state index contributed by atoms with van der Waals surface area (Å²) in [6.45, 7) is 6.23. The van der Waals surface area contributed by atoms with Crippen molar-refractivity contribution in [2.45, 2.75) is 51.2 Å². The summed E-state index contributed by atoms with van der Waals surface area (Å²) in [5.41, 5.74) is 1.37. The van der Waals surface area contributed by atoms with Gasteiger partial charge in [0.05, 0.1) is 17.9 Å². The maximum Gasteiger partial charge on any atom is 0.305 e. The number of aryl methyl sites for hydroxylation is 1. The van der Waals surface area contributed by atoms with Gasteiger partial charge in [0.25, 0.3) is 0 Å². The Labute approximate surface area is 137 Å². The van der Waals surface area contributed by atoms with Crippen molar-refractivity contribution < 1.29 is 19.4 Å². The number of carbonyl (C=O) groups is 2. The van der Waals surface area contributed by atoms with E-state index < -0.39 is 11.4 Å². The minimum atomic E-state index is -0.891. The molecular formula is C18H25NO4. The minimum Gasteiger partial charge on any atom is -0.481 e. The summed E-state index contributed by atoms with van der Waals surface area (Å²) in [4.78, 5) is 25.9. The fraction of sp³-hybridized carbons (Fsp3) is 0.556. The Kier molecular flexibility index (Phi) is 5.09. The van der Waals surface area contributed by atoms with Gasteiger partial charge in [-0.3, -0.25) is 9.59 Å². The second kappa shape index (κ2) is 6.71. The van der Waals surface area contributed by atoms with E-state index in [-0.39, 0.29) is 24.5 Å². The molecule has 0 bridgehead atoms. The Morgan fingerprint density at radius 3 is 2.43 bits per heavy atom. The SMILES string of the molecule is COC1CC(CC(=O)O)N(C(=O)C(C)(C)c2ccc(C)cc2)C1. The average Bonchev–Trinajstić information content (AvgIpc) is 2.89. The molecule has 0 aliphatic carbocycles. The van der Waals surface area contributed by atoms with Crippen molar-refractivity contribution in [2.24, 2.45) is 0 Å². The Morgan fingerprint density at radius 1 is 1.30 bits per heavy atom. The number of nitrogens with zero attached hydrogens (tertiary/aromatic N) is 1. The molecule has 0 aromatic heterocycles. The maximum atomic E-state index is 13.1. The number of hydrogen-bond acceptors (Lipinski definition) is 3. The fourth-order valence-corrected chi connectivity index (χ4v) is 3.14. The van der Waals surface area contributed by atoms with Crippen LogP contribution >= 0.6 is 0 Å². The van der Waals surface area contributed by atoms with E-state index in [1.165, 1.54) is 0 Å². The van der Waals surface area contributed by atoms with Crippen molar-refractivity contribution in [1.82, 2.24) is 4.90 Å². The van der Waals surface area contributed by atoms with Gasteiger partial charge >= 0.3 is 5.97 Å². The normalized spacial score (nSPS) is 21.5. The highest BCUT2D eigenvalue weighted by atomic mass is 16.5. The van der Waals surface area contributed by atoms with Gasteiger partial charge in [-0.15, -0.1) is 0 Å². The van der Waals surface area contributed by atoms with Gasteiger partial charge in [-0.1, -0.05) is 29.8 Å². The minimum absolute atomic E-state index is 0.0461. The van der Waals surface area contributed by atoms with Crippen molar-refractivity contribution in [1.29, 1.82) is 0 Å². The van der Waals surface area contributed by atoms with Crippen LogP contribution in [0.15, 0.2) is 24.3 Å². The molecule has 0 spiro atoms. The standard InChI is InChI=1S/C18H25NO4/c1-12-5-7-13(8-6-12)18(2,3)17(22)19-11-15(23-4)9-14(19)10-16(20)21/h5-8,14-15H,9-11H2,1-4H3,(H,20,21). The molecule has 126 valence electrons. The second-order valence-corrected chi connectivity index (χ2v) is 6.79. The molecule has 23 heavy (non-hydrogen) atoms. The summed E-state index contributed by atoms with van der Waals surface area (Å²) in [5.74, 6) is -0.940. The van der Waals surface area contributed by atoms with Crippen LogP contribution in [-0.2, 0) is 19.7 Å². The zero-order chi connectivity index (χ0) is 17.2. The Morgan fingerprint density at radius 2 is 1.91 bits per heavy atom. The van der Waals surface area contributed by atoms with Gasteiger partial charge in [-0.2, -0.15) is 0 Å². The van der Waals surface area contributed by atoms with E-state index in [1.54, 1.807) is 12.0 Å². The first-order valence-corrected chi connectivity index (χ1v) is 7.88. The summed E-state index contributed by atoms with van der Waals surface area (Å²) < 4.78 is 5.35. The molecule has 1 aliphatic rings. The molecular weight excluding hydrogens is 294 g/mol. The molecule has 1 aromatic rings. The molecule has 2 unspecified atom stereocenters. The molecule has 1 fully saturated rings. The smallest absolute Gasteiger partial charge is 0.305 e. The number of rotatable bonds is 5. The molecule has 0 radical (unpaired) electrons. The molecule has 1 aromatic carbocycles. The third-order valence-electron chi connectivity index (χ3n) is 4.69. The third kappa shape index (κ3) is 3.72. The van der Waals surface area contributed by atoms with Crippen LogP contribution in [-0.4, -0.2) is 47.7 Å². The maximum absolute atomic E-state index is 13.1. The lowest BCUT2D eigenvalue weighted by atomic mass is 9.82. The number of amides is 1.